The first-order chi connectivity index (χ1) is 10.3. The number of rotatable bonds is 5. The van der Waals surface area contributed by atoms with Crippen LogP contribution in [0.15, 0.2) is 12.3 Å². The molecule has 0 aliphatic carbocycles. The highest BCUT2D eigenvalue weighted by Crippen LogP contribution is 2.30. The number of piperidine rings is 1. The molecule has 0 radical (unpaired) electrons. The van der Waals surface area contributed by atoms with Crippen molar-refractivity contribution >= 4 is 0 Å². The van der Waals surface area contributed by atoms with Crippen LogP contribution in [0.3, 0.4) is 0 Å². The highest BCUT2D eigenvalue weighted by molar-refractivity contribution is 5.04. The molecule has 1 aliphatic rings. The Morgan fingerprint density at radius 1 is 1.43 bits per heavy atom. The smallest absolute Gasteiger partial charge is 0.167 e. The zero-order valence-electron chi connectivity index (χ0n) is 12.6. The third-order valence-corrected chi connectivity index (χ3v) is 4.03. The maximum atomic E-state index is 5.10. The van der Waals surface area contributed by atoms with E-state index in [4.69, 9.17) is 4.74 Å². The van der Waals surface area contributed by atoms with E-state index in [-0.39, 0.29) is 6.04 Å². The molecule has 21 heavy (non-hydrogen) atoms. The zero-order valence-corrected chi connectivity index (χ0v) is 12.6. The van der Waals surface area contributed by atoms with Crippen LogP contribution in [0.2, 0.25) is 0 Å². The molecular formula is C14H22N6O. The molecular weight excluding hydrogens is 268 g/mol. The topological polar surface area (TPSA) is 71.9 Å². The lowest BCUT2D eigenvalue weighted by atomic mass is 10.0. The molecule has 1 saturated heterocycles. The van der Waals surface area contributed by atoms with Crippen molar-refractivity contribution in [3.05, 3.63) is 29.6 Å². The van der Waals surface area contributed by atoms with E-state index in [0.717, 1.165) is 31.2 Å². The van der Waals surface area contributed by atoms with Crippen LogP contribution in [0.25, 0.3) is 0 Å². The molecule has 1 aliphatic heterocycles. The number of nitrogens with one attached hydrogen (secondary N) is 1. The van der Waals surface area contributed by atoms with E-state index in [9.17, 15) is 0 Å². The lowest BCUT2D eigenvalue weighted by Gasteiger charge is -2.33. The molecule has 0 saturated carbocycles. The first-order valence-electron chi connectivity index (χ1n) is 7.39. The molecule has 0 aromatic carbocycles. The number of ether oxygens (including phenoxy) is 1. The van der Waals surface area contributed by atoms with Gasteiger partial charge in [-0.3, -0.25) is 14.7 Å². The van der Waals surface area contributed by atoms with Gasteiger partial charge in [0.1, 0.15) is 6.61 Å². The Kier molecular flexibility index (Phi) is 4.31. The molecule has 2 aromatic heterocycles. The van der Waals surface area contributed by atoms with Crippen molar-refractivity contribution in [3.8, 4) is 0 Å². The summed E-state index contributed by atoms with van der Waals surface area (Å²) in [7, 11) is 3.65. The molecule has 3 heterocycles. The Bertz CT molecular complexity index is 578. The minimum Gasteiger partial charge on any atom is -0.377 e. The summed E-state index contributed by atoms with van der Waals surface area (Å²) in [6.07, 6.45) is 5.39. The first kappa shape index (κ1) is 14.2. The van der Waals surface area contributed by atoms with E-state index in [1.54, 1.807) is 7.11 Å². The molecule has 2 aromatic rings. The highest BCUT2D eigenvalue weighted by atomic mass is 16.5. The summed E-state index contributed by atoms with van der Waals surface area (Å²) < 4.78 is 7.03. The number of likely N-dealkylation sites (tertiary alicyclic amines) is 1. The van der Waals surface area contributed by atoms with E-state index in [0.29, 0.717) is 6.61 Å². The quantitative estimate of drug-likeness (QED) is 0.901. The van der Waals surface area contributed by atoms with Crippen LogP contribution in [-0.4, -0.2) is 43.5 Å². The SMILES string of the molecule is COCc1nc([C@H]2CCCCN2Cc2ccnn2C)n[nH]1. The van der Waals surface area contributed by atoms with Gasteiger partial charge in [0.2, 0.25) is 0 Å². The fraction of sp³-hybridized carbons (Fsp3) is 0.643. The lowest BCUT2D eigenvalue weighted by molar-refractivity contribution is 0.130. The third kappa shape index (κ3) is 3.14. The van der Waals surface area contributed by atoms with E-state index in [2.05, 4.69) is 31.2 Å². The van der Waals surface area contributed by atoms with Crippen molar-refractivity contribution in [2.24, 2.45) is 7.05 Å². The van der Waals surface area contributed by atoms with Gasteiger partial charge in [-0.2, -0.15) is 10.2 Å². The van der Waals surface area contributed by atoms with Crippen molar-refractivity contribution in [1.29, 1.82) is 0 Å². The van der Waals surface area contributed by atoms with Gasteiger partial charge in [-0.15, -0.1) is 0 Å². The third-order valence-electron chi connectivity index (χ3n) is 4.03. The Morgan fingerprint density at radius 3 is 3.10 bits per heavy atom. The molecule has 0 amide bonds. The van der Waals surface area contributed by atoms with E-state index in [1.807, 2.05) is 17.9 Å². The van der Waals surface area contributed by atoms with Crippen molar-refractivity contribution in [2.75, 3.05) is 13.7 Å². The second-order valence-electron chi connectivity index (χ2n) is 5.50. The Hall–Kier alpha value is -1.73. The van der Waals surface area contributed by atoms with E-state index >= 15 is 0 Å². The maximum Gasteiger partial charge on any atom is 0.167 e. The summed E-state index contributed by atoms with van der Waals surface area (Å²) in [5.41, 5.74) is 1.22. The van der Waals surface area contributed by atoms with E-state index in [1.165, 1.54) is 18.5 Å². The monoisotopic (exact) mass is 290 g/mol. The van der Waals surface area contributed by atoms with Crippen molar-refractivity contribution in [3.63, 3.8) is 0 Å². The van der Waals surface area contributed by atoms with Crippen LogP contribution in [0.5, 0.6) is 0 Å². The number of hydrogen-bond acceptors (Lipinski definition) is 5. The van der Waals surface area contributed by atoms with Gasteiger partial charge in [0.05, 0.1) is 11.7 Å². The molecule has 7 heteroatoms. The second kappa shape index (κ2) is 6.36. The summed E-state index contributed by atoms with van der Waals surface area (Å²) in [5, 5.41) is 11.6. The largest absolute Gasteiger partial charge is 0.377 e. The molecule has 7 nitrogen and oxygen atoms in total. The van der Waals surface area contributed by atoms with Gasteiger partial charge in [-0.05, 0) is 25.5 Å². The van der Waals surface area contributed by atoms with Crippen molar-refractivity contribution < 1.29 is 4.74 Å². The number of nitrogens with zero attached hydrogens (tertiary/aromatic N) is 5. The molecule has 1 N–H and O–H groups in total. The van der Waals surface area contributed by atoms with Crippen LogP contribution in [0, 0.1) is 0 Å². The summed E-state index contributed by atoms with van der Waals surface area (Å²) in [6, 6.07) is 2.34. The van der Waals surface area contributed by atoms with Gasteiger partial charge in [-0.1, -0.05) is 6.42 Å². The van der Waals surface area contributed by atoms with Crippen LogP contribution in [-0.2, 0) is 24.9 Å². The molecule has 1 fully saturated rings. The molecule has 0 unspecified atom stereocenters. The summed E-state index contributed by atoms with van der Waals surface area (Å²) in [6.45, 7) is 2.43. The Balaban J connectivity index is 1.75. The van der Waals surface area contributed by atoms with Gasteiger partial charge in [0, 0.05) is 26.9 Å². The molecule has 114 valence electrons. The number of methoxy groups -OCH3 is 1. The van der Waals surface area contributed by atoms with Gasteiger partial charge in [0.25, 0.3) is 0 Å². The minimum absolute atomic E-state index is 0.274. The fourth-order valence-corrected chi connectivity index (χ4v) is 2.90. The predicted molar refractivity (Wildman–Crippen MR) is 77.3 cm³/mol. The fourth-order valence-electron chi connectivity index (χ4n) is 2.90. The standard InChI is InChI=1S/C14H22N6O/c1-19-11(6-7-15-19)9-20-8-4-3-5-12(20)14-16-13(10-21-2)17-18-14/h6-7,12H,3-5,8-10H2,1-2H3,(H,16,17,18)/t12-/m1/s1. The van der Waals surface area contributed by atoms with Gasteiger partial charge >= 0.3 is 0 Å². The normalized spacial score (nSPS) is 20.0. The Morgan fingerprint density at radius 2 is 2.33 bits per heavy atom. The summed E-state index contributed by atoms with van der Waals surface area (Å²) in [4.78, 5) is 7.01. The van der Waals surface area contributed by atoms with Crippen LogP contribution in [0.4, 0.5) is 0 Å². The van der Waals surface area contributed by atoms with Gasteiger partial charge in [0.15, 0.2) is 11.6 Å². The molecule has 0 spiro atoms. The number of aromatic nitrogens is 5. The molecule has 3 rings (SSSR count). The summed E-state index contributed by atoms with van der Waals surface area (Å²) in [5.74, 6) is 1.67. The van der Waals surface area contributed by atoms with Crippen molar-refractivity contribution in [2.45, 2.75) is 38.5 Å². The number of hydrogen-bond donors (Lipinski definition) is 1. The summed E-state index contributed by atoms with van der Waals surface area (Å²) >= 11 is 0. The Labute approximate surface area is 124 Å². The highest BCUT2D eigenvalue weighted by Gasteiger charge is 2.27. The lowest BCUT2D eigenvalue weighted by Crippen LogP contribution is -2.34. The van der Waals surface area contributed by atoms with Crippen LogP contribution in [0.1, 0.15) is 42.6 Å². The average molecular weight is 290 g/mol. The van der Waals surface area contributed by atoms with Crippen LogP contribution >= 0.6 is 0 Å². The average Bonchev–Trinajstić information content (AvgIpc) is 3.10. The van der Waals surface area contributed by atoms with Gasteiger partial charge < -0.3 is 4.74 Å². The van der Waals surface area contributed by atoms with Gasteiger partial charge in [-0.25, -0.2) is 4.98 Å². The number of H-pyrrole nitrogens is 1. The zero-order chi connectivity index (χ0) is 14.7. The second-order valence-corrected chi connectivity index (χ2v) is 5.50. The maximum absolute atomic E-state index is 5.10. The van der Waals surface area contributed by atoms with Crippen molar-refractivity contribution in [1.82, 2.24) is 29.9 Å². The van der Waals surface area contributed by atoms with E-state index < -0.39 is 0 Å². The molecule has 0 bridgehead atoms. The predicted octanol–water partition coefficient (Wildman–Crippen LogP) is 1.41. The first-order valence-corrected chi connectivity index (χ1v) is 7.39. The minimum atomic E-state index is 0.274. The van der Waals surface area contributed by atoms with Crippen LogP contribution < -0.4 is 0 Å². The molecule has 1 atom stereocenters. The number of aromatic amines is 1. The number of aryl methyl sites for hydroxylation is 1.